The molecule has 0 bridgehead atoms. The number of aliphatic carboxylic acids is 1. The van der Waals surface area contributed by atoms with Crippen molar-refractivity contribution in [2.75, 3.05) is 18.0 Å². The van der Waals surface area contributed by atoms with Crippen LogP contribution in [0.25, 0.3) is 0 Å². The summed E-state index contributed by atoms with van der Waals surface area (Å²) in [4.78, 5) is 12.6. The number of aryl methyl sites for hydroxylation is 1. The first kappa shape index (κ1) is 15.0. The summed E-state index contributed by atoms with van der Waals surface area (Å²) in [5.74, 6) is -0.736. The summed E-state index contributed by atoms with van der Waals surface area (Å²) >= 11 is 0. The van der Waals surface area contributed by atoms with E-state index < -0.39 is 5.97 Å². The Morgan fingerprint density at radius 2 is 1.74 bits per heavy atom. The van der Waals surface area contributed by atoms with Crippen LogP contribution >= 0.6 is 0 Å². The van der Waals surface area contributed by atoms with E-state index in [0.29, 0.717) is 6.42 Å². The highest BCUT2D eigenvalue weighted by Gasteiger charge is 2.03. The lowest BCUT2D eigenvalue weighted by atomic mass is 10.1. The molecule has 3 heteroatoms. The van der Waals surface area contributed by atoms with E-state index in [9.17, 15) is 4.79 Å². The van der Waals surface area contributed by atoms with Gasteiger partial charge in [-0.3, -0.25) is 4.79 Å². The van der Waals surface area contributed by atoms with Crippen LogP contribution in [0.3, 0.4) is 0 Å². The third-order valence-corrected chi connectivity index (χ3v) is 2.86. The lowest BCUT2D eigenvalue weighted by molar-refractivity contribution is -0.137. The number of hydrogen-bond donors (Lipinski definition) is 1. The Labute approximate surface area is 114 Å². The molecule has 0 amide bonds. The Morgan fingerprint density at radius 1 is 1.16 bits per heavy atom. The molecule has 0 spiro atoms. The van der Waals surface area contributed by atoms with Gasteiger partial charge < -0.3 is 10.0 Å². The zero-order valence-electron chi connectivity index (χ0n) is 11.2. The van der Waals surface area contributed by atoms with Gasteiger partial charge in [0.05, 0.1) is 0 Å². The molecule has 0 aliphatic rings. The zero-order chi connectivity index (χ0) is 14.1. The van der Waals surface area contributed by atoms with Crippen molar-refractivity contribution in [2.45, 2.75) is 19.3 Å². The van der Waals surface area contributed by atoms with Crippen molar-refractivity contribution < 1.29 is 9.90 Å². The van der Waals surface area contributed by atoms with Crippen molar-refractivity contribution in [1.29, 1.82) is 0 Å². The van der Waals surface area contributed by atoms with Gasteiger partial charge >= 0.3 is 5.97 Å². The first-order chi connectivity index (χ1) is 9.17. The zero-order valence-corrected chi connectivity index (χ0v) is 11.2. The van der Waals surface area contributed by atoms with E-state index >= 15 is 0 Å². The van der Waals surface area contributed by atoms with E-state index in [2.05, 4.69) is 42.3 Å². The van der Waals surface area contributed by atoms with Crippen LogP contribution in [0.5, 0.6) is 0 Å². The molecule has 1 aromatic rings. The smallest absolute Gasteiger partial charge is 0.303 e. The van der Waals surface area contributed by atoms with E-state index in [1.54, 1.807) is 0 Å². The molecular formula is C16H21NO2. The fraction of sp³-hybridized carbons (Fsp3) is 0.312. The maximum absolute atomic E-state index is 10.5. The highest BCUT2D eigenvalue weighted by atomic mass is 16.4. The minimum atomic E-state index is -0.736. The Hall–Kier alpha value is -2.03. The summed E-state index contributed by atoms with van der Waals surface area (Å²) in [7, 11) is 0. The fourth-order valence-corrected chi connectivity index (χ4v) is 1.91. The largest absolute Gasteiger partial charge is 0.481 e. The van der Waals surface area contributed by atoms with Gasteiger partial charge in [0.15, 0.2) is 0 Å². The van der Waals surface area contributed by atoms with Gasteiger partial charge in [-0.25, -0.2) is 0 Å². The molecule has 0 heterocycles. The number of rotatable bonds is 9. The predicted octanol–water partition coefficient (Wildman–Crippen LogP) is 3.27. The molecule has 1 aromatic carbocycles. The molecule has 0 aliphatic heterocycles. The SMILES string of the molecule is C=CCN(CC=C)c1ccc(CCCC(=O)O)cc1. The van der Waals surface area contributed by atoms with Crippen LogP contribution < -0.4 is 4.90 Å². The summed E-state index contributed by atoms with van der Waals surface area (Å²) in [6.07, 6.45) is 5.43. The molecule has 0 aliphatic carbocycles. The average molecular weight is 259 g/mol. The fourth-order valence-electron chi connectivity index (χ4n) is 1.91. The van der Waals surface area contributed by atoms with Crippen molar-refractivity contribution in [3.63, 3.8) is 0 Å². The number of benzene rings is 1. The molecule has 0 radical (unpaired) electrons. The first-order valence-corrected chi connectivity index (χ1v) is 6.45. The molecule has 0 aromatic heterocycles. The topological polar surface area (TPSA) is 40.5 Å². The number of carbonyl (C=O) groups is 1. The second-order valence-electron chi connectivity index (χ2n) is 4.40. The first-order valence-electron chi connectivity index (χ1n) is 6.45. The van der Waals surface area contributed by atoms with E-state index in [-0.39, 0.29) is 6.42 Å². The summed E-state index contributed by atoms with van der Waals surface area (Å²) in [5.41, 5.74) is 2.30. The van der Waals surface area contributed by atoms with Gasteiger partial charge in [-0.1, -0.05) is 24.3 Å². The van der Waals surface area contributed by atoms with Gasteiger partial charge in [0.1, 0.15) is 0 Å². The second-order valence-corrected chi connectivity index (χ2v) is 4.40. The number of carboxylic acid groups (broad SMARTS) is 1. The maximum atomic E-state index is 10.5. The number of anilines is 1. The minimum Gasteiger partial charge on any atom is -0.481 e. The number of hydrogen-bond acceptors (Lipinski definition) is 2. The molecule has 0 fully saturated rings. The van der Waals surface area contributed by atoms with E-state index in [1.807, 2.05) is 12.2 Å². The van der Waals surface area contributed by atoms with Crippen LogP contribution in [-0.2, 0) is 11.2 Å². The Kier molecular flexibility index (Phi) is 6.44. The molecular weight excluding hydrogens is 238 g/mol. The average Bonchev–Trinajstić information content (AvgIpc) is 2.39. The summed E-state index contributed by atoms with van der Waals surface area (Å²) in [6, 6.07) is 8.22. The molecule has 1 rings (SSSR count). The van der Waals surface area contributed by atoms with E-state index in [1.165, 1.54) is 5.56 Å². The van der Waals surface area contributed by atoms with E-state index in [4.69, 9.17) is 5.11 Å². The quantitative estimate of drug-likeness (QED) is 0.692. The van der Waals surface area contributed by atoms with Crippen molar-refractivity contribution in [3.8, 4) is 0 Å². The third kappa shape index (κ3) is 5.42. The van der Waals surface area contributed by atoms with Crippen molar-refractivity contribution >= 4 is 11.7 Å². The maximum Gasteiger partial charge on any atom is 0.303 e. The van der Waals surface area contributed by atoms with Gasteiger partial charge in [-0.2, -0.15) is 0 Å². The van der Waals surface area contributed by atoms with Crippen LogP contribution in [0.15, 0.2) is 49.6 Å². The predicted molar refractivity (Wildman–Crippen MR) is 79.6 cm³/mol. The molecule has 0 atom stereocenters. The summed E-state index contributed by atoms with van der Waals surface area (Å²) in [5, 5.41) is 8.60. The Morgan fingerprint density at radius 3 is 2.21 bits per heavy atom. The van der Waals surface area contributed by atoms with Crippen LogP contribution in [0.1, 0.15) is 18.4 Å². The second kappa shape index (κ2) is 8.14. The molecule has 3 nitrogen and oxygen atoms in total. The minimum absolute atomic E-state index is 0.223. The van der Waals surface area contributed by atoms with Crippen LogP contribution in [0.2, 0.25) is 0 Å². The molecule has 0 saturated heterocycles. The monoisotopic (exact) mass is 259 g/mol. The van der Waals surface area contributed by atoms with E-state index in [0.717, 1.165) is 25.2 Å². The van der Waals surface area contributed by atoms with Gasteiger partial charge in [0, 0.05) is 25.2 Å². The van der Waals surface area contributed by atoms with Crippen molar-refractivity contribution in [2.24, 2.45) is 0 Å². The van der Waals surface area contributed by atoms with Gasteiger partial charge in [-0.05, 0) is 30.5 Å². The third-order valence-electron chi connectivity index (χ3n) is 2.86. The molecule has 102 valence electrons. The molecule has 19 heavy (non-hydrogen) atoms. The van der Waals surface area contributed by atoms with Gasteiger partial charge in [0.25, 0.3) is 0 Å². The Bertz CT molecular complexity index is 413. The van der Waals surface area contributed by atoms with Crippen molar-refractivity contribution in [1.82, 2.24) is 0 Å². The highest BCUT2D eigenvalue weighted by Crippen LogP contribution is 2.16. The highest BCUT2D eigenvalue weighted by molar-refractivity contribution is 5.66. The van der Waals surface area contributed by atoms with Crippen molar-refractivity contribution in [3.05, 3.63) is 55.1 Å². The molecule has 0 saturated carbocycles. The number of nitrogens with zero attached hydrogens (tertiary/aromatic N) is 1. The van der Waals surface area contributed by atoms with Crippen LogP contribution in [0.4, 0.5) is 5.69 Å². The van der Waals surface area contributed by atoms with Gasteiger partial charge in [0.2, 0.25) is 0 Å². The summed E-state index contributed by atoms with van der Waals surface area (Å²) < 4.78 is 0. The van der Waals surface area contributed by atoms with Crippen LogP contribution in [-0.4, -0.2) is 24.2 Å². The molecule has 0 unspecified atom stereocenters. The number of carboxylic acids is 1. The normalized spacial score (nSPS) is 9.89. The summed E-state index contributed by atoms with van der Waals surface area (Å²) in [6.45, 7) is 9.07. The van der Waals surface area contributed by atoms with Crippen LogP contribution in [0, 0.1) is 0 Å². The Balaban J connectivity index is 2.60. The standard InChI is InChI=1S/C16H21NO2/c1-3-12-17(13-4-2)15-10-8-14(9-11-15)6-5-7-16(18)19/h3-4,8-11H,1-2,5-7,12-13H2,(H,18,19). The lowest BCUT2D eigenvalue weighted by Gasteiger charge is -2.21. The van der Waals surface area contributed by atoms with Gasteiger partial charge in [-0.15, -0.1) is 13.2 Å². The lowest BCUT2D eigenvalue weighted by Crippen LogP contribution is -2.22. The molecule has 1 N–H and O–H groups in total.